The molecule has 1 saturated carbocycles. The highest BCUT2D eigenvalue weighted by Gasteiger charge is 2.55. The lowest BCUT2D eigenvalue weighted by molar-refractivity contribution is -0.275. The van der Waals surface area contributed by atoms with Gasteiger partial charge in [0, 0.05) is 19.1 Å². The third-order valence-electron chi connectivity index (χ3n) is 4.16. The van der Waals surface area contributed by atoms with Crippen molar-refractivity contribution < 1.29 is 26.3 Å². The van der Waals surface area contributed by atoms with Crippen LogP contribution in [0.25, 0.3) is 0 Å². The molecule has 22 heavy (non-hydrogen) atoms. The van der Waals surface area contributed by atoms with Gasteiger partial charge in [-0.25, -0.2) is 8.42 Å². The molecule has 2 N–H and O–H groups in total. The molecule has 9 heteroatoms. The van der Waals surface area contributed by atoms with Gasteiger partial charge in [-0.1, -0.05) is 12.1 Å². The highest BCUT2D eigenvalue weighted by molar-refractivity contribution is 7.89. The standard InChI is InChI=1S/C13H15F3N2O3S/c14-13(15,16)21-11-3-1-2-4-12(11)22(19,20)18-7-8-5-9(8)10(18)6-17/h1-4,8-10H,5-7,17H2/t8-,9-,10-/m1/s1. The summed E-state index contributed by atoms with van der Waals surface area (Å²) in [5.74, 6) is -0.235. The lowest BCUT2D eigenvalue weighted by Gasteiger charge is -2.26. The van der Waals surface area contributed by atoms with E-state index >= 15 is 0 Å². The third-order valence-corrected chi connectivity index (χ3v) is 6.09. The lowest BCUT2D eigenvalue weighted by Crippen LogP contribution is -2.42. The fraction of sp³-hybridized carbons (Fsp3) is 0.538. The SMILES string of the molecule is NC[C@@H]1[C@@H]2C[C@@H]2CN1S(=O)(=O)c1ccccc1OC(F)(F)F. The number of ether oxygens (including phenoxy) is 1. The van der Waals surface area contributed by atoms with Gasteiger partial charge in [0.2, 0.25) is 10.0 Å². The van der Waals surface area contributed by atoms with Crippen molar-refractivity contribution >= 4 is 10.0 Å². The Bertz CT molecular complexity index is 677. The number of sulfonamides is 1. The van der Waals surface area contributed by atoms with Gasteiger partial charge in [0.1, 0.15) is 10.6 Å². The maximum atomic E-state index is 12.7. The van der Waals surface area contributed by atoms with Crippen LogP contribution in [0.2, 0.25) is 0 Å². The van der Waals surface area contributed by atoms with Gasteiger partial charge >= 0.3 is 6.36 Å². The van der Waals surface area contributed by atoms with Crippen molar-refractivity contribution in [1.82, 2.24) is 4.31 Å². The van der Waals surface area contributed by atoms with Crippen LogP contribution in [0.4, 0.5) is 13.2 Å². The predicted molar refractivity (Wildman–Crippen MR) is 71.5 cm³/mol. The van der Waals surface area contributed by atoms with E-state index in [1.807, 2.05) is 0 Å². The minimum absolute atomic E-state index is 0.155. The van der Waals surface area contributed by atoms with Crippen LogP contribution in [-0.2, 0) is 10.0 Å². The van der Waals surface area contributed by atoms with Gasteiger partial charge in [0.15, 0.2) is 0 Å². The van der Waals surface area contributed by atoms with Gasteiger partial charge in [-0.15, -0.1) is 13.2 Å². The summed E-state index contributed by atoms with van der Waals surface area (Å²) >= 11 is 0. The molecule has 0 amide bonds. The van der Waals surface area contributed by atoms with Crippen molar-refractivity contribution in [1.29, 1.82) is 0 Å². The maximum Gasteiger partial charge on any atom is 0.573 e. The van der Waals surface area contributed by atoms with E-state index in [9.17, 15) is 21.6 Å². The van der Waals surface area contributed by atoms with Crippen molar-refractivity contribution in [3.63, 3.8) is 0 Å². The molecule has 0 aromatic heterocycles. The Morgan fingerprint density at radius 3 is 2.64 bits per heavy atom. The quantitative estimate of drug-likeness (QED) is 0.905. The summed E-state index contributed by atoms with van der Waals surface area (Å²) in [4.78, 5) is -0.480. The molecule has 1 aliphatic carbocycles. The molecule has 5 nitrogen and oxygen atoms in total. The van der Waals surface area contributed by atoms with Crippen LogP contribution < -0.4 is 10.5 Å². The molecule has 1 aromatic rings. The molecule has 1 saturated heterocycles. The first-order chi connectivity index (χ1) is 10.2. The van der Waals surface area contributed by atoms with Gasteiger partial charge in [-0.05, 0) is 30.4 Å². The molecule has 3 atom stereocenters. The van der Waals surface area contributed by atoms with Gasteiger partial charge < -0.3 is 10.5 Å². The normalized spacial score (nSPS) is 28.5. The van der Waals surface area contributed by atoms with Crippen LogP contribution in [0.5, 0.6) is 5.75 Å². The lowest BCUT2D eigenvalue weighted by atomic mass is 10.2. The molecule has 1 aliphatic heterocycles. The molecule has 2 fully saturated rings. The summed E-state index contributed by atoms with van der Waals surface area (Å²) in [6, 6.07) is 4.42. The highest BCUT2D eigenvalue weighted by atomic mass is 32.2. The number of rotatable bonds is 4. The predicted octanol–water partition coefficient (Wildman–Crippen LogP) is 1.55. The Kier molecular flexibility index (Phi) is 3.61. The molecule has 1 heterocycles. The molecule has 1 aromatic carbocycles. The molecule has 0 spiro atoms. The minimum Gasteiger partial charge on any atom is -0.404 e. The van der Waals surface area contributed by atoms with E-state index in [-0.39, 0.29) is 24.4 Å². The second-order valence-corrected chi connectivity index (χ2v) is 7.39. The van der Waals surface area contributed by atoms with Gasteiger partial charge in [0.25, 0.3) is 0 Å². The summed E-state index contributed by atoms with van der Waals surface area (Å²) in [6.45, 7) is 0.456. The largest absolute Gasteiger partial charge is 0.573 e. The average Bonchev–Trinajstić information content (AvgIpc) is 3.08. The van der Waals surface area contributed by atoms with E-state index in [0.717, 1.165) is 18.6 Å². The summed E-state index contributed by atoms with van der Waals surface area (Å²) in [7, 11) is -4.08. The Morgan fingerprint density at radius 1 is 1.32 bits per heavy atom. The number of nitrogens with zero attached hydrogens (tertiary/aromatic N) is 1. The van der Waals surface area contributed by atoms with Crippen LogP contribution in [0, 0.1) is 11.8 Å². The van der Waals surface area contributed by atoms with E-state index in [2.05, 4.69) is 4.74 Å². The number of para-hydroxylation sites is 1. The topological polar surface area (TPSA) is 72.6 Å². The molecule has 122 valence electrons. The number of alkyl halides is 3. The smallest absolute Gasteiger partial charge is 0.404 e. The Balaban J connectivity index is 1.96. The van der Waals surface area contributed by atoms with E-state index in [0.29, 0.717) is 6.54 Å². The van der Waals surface area contributed by atoms with Crippen LogP contribution in [0.1, 0.15) is 6.42 Å². The van der Waals surface area contributed by atoms with Crippen LogP contribution >= 0.6 is 0 Å². The maximum absolute atomic E-state index is 12.7. The van der Waals surface area contributed by atoms with Crippen molar-refractivity contribution in [3.05, 3.63) is 24.3 Å². The van der Waals surface area contributed by atoms with E-state index < -0.39 is 27.0 Å². The fourth-order valence-electron chi connectivity index (χ4n) is 3.10. The second kappa shape index (κ2) is 5.10. The number of benzene rings is 1. The average molecular weight is 336 g/mol. The molecule has 2 aliphatic rings. The zero-order chi connectivity index (χ0) is 16.1. The monoisotopic (exact) mass is 336 g/mol. The molecule has 3 rings (SSSR count). The second-order valence-electron chi connectivity index (χ2n) is 5.53. The third kappa shape index (κ3) is 2.68. The first-order valence-electron chi connectivity index (χ1n) is 6.80. The Hall–Kier alpha value is -1.32. The van der Waals surface area contributed by atoms with E-state index in [1.54, 1.807) is 0 Å². The molecule has 0 radical (unpaired) electrons. The van der Waals surface area contributed by atoms with Crippen molar-refractivity contribution in [2.75, 3.05) is 13.1 Å². The molecule has 0 unspecified atom stereocenters. The van der Waals surface area contributed by atoms with Gasteiger partial charge in [-0.3, -0.25) is 0 Å². The number of nitrogens with two attached hydrogens (primary N) is 1. The Morgan fingerprint density at radius 2 is 2.00 bits per heavy atom. The van der Waals surface area contributed by atoms with Crippen LogP contribution in [0.15, 0.2) is 29.2 Å². The number of hydrogen-bond acceptors (Lipinski definition) is 4. The summed E-state index contributed by atoms with van der Waals surface area (Å²) < 4.78 is 67.8. The Labute approximate surface area is 125 Å². The van der Waals surface area contributed by atoms with Crippen LogP contribution in [0.3, 0.4) is 0 Å². The van der Waals surface area contributed by atoms with Crippen LogP contribution in [-0.4, -0.2) is 38.2 Å². The number of hydrogen-bond donors (Lipinski definition) is 1. The fourth-order valence-corrected chi connectivity index (χ4v) is 4.95. The number of piperidine rings is 1. The minimum atomic E-state index is -4.95. The van der Waals surface area contributed by atoms with E-state index in [4.69, 9.17) is 5.73 Å². The first-order valence-corrected chi connectivity index (χ1v) is 8.24. The number of halogens is 3. The molecular formula is C13H15F3N2O3S. The highest BCUT2D eigenvalue weighted by Crippen LogP contribution is 2.51. The molecule has 0 bridgehead atoms. The zero-order valence-electron chi connectivity index (χ0n) is 11.5. The first kappa shape index (κ1) is 15.6. The van der Waals surface area contributed by atoms with Gasteiger partial charge in [-0.2, -0.15) is 4.31 Å². The van der Waals surface area contributed by atoms with Gasteiger partial charge in [0.05, 0.1) is 0 Å². The summed E-state index contributed by atoms with van der Waals surface area (Å²) in [5, 5.41) is 0. The summed E-state index contributed by atoms with van der Waals surface area (Å²) in [5.41, 5.74) is 5.64. The van der Waals surface area contributed by atoms with Crippen molar-refractivity contribution in [2.45, 2.75) is 23.7 Å². The van der Waals surface area contributed by atoms with Crippen molar-refractivity contribution in [3.8, 4) is 5.75 Å². The number of fused-ring (bicyclic) bond motifs is 1. The van der Waals surface area contributed by atoms with Crippen molar-refractivity contribution in [2.24, 2.45) is 17.6 Å². The zero-order valence-corrected chi connectivity index (χ0v) is 12.3. The molecular weight excluding hydrogens is 321 g/mol. The van der Waals surface area contributed by atoms with E-state index in [1.165, 1.54) is 16.4 Å². The summed E-state index contributed by atoms with van der Waals surface area (Å²) in [6.07, 6.45) is -4.03.